The number of aromatic hydroxyl groups is 1. The minimum absolute atomic E-state index is 0.00929. The Morgan fingerprint density at radius 3 is 2.37 bits per heavy atom. The molecule has 1 heterocycles. The van der Waals surface area contributed by atoms with Crippen molar-refractivity contribution < 1.29 is 15.0 Å². The van der Waals surface area contributed by atoms with Crippen LogP contribution in [0.25, 0.3) is 11.4 Å². The second kappa shape index (κ2) is 5.06. The average molecular weight is 258 g/mol. The molecule has 19 heavy (non-hydrogen) atoms. The number of benzene rings is 1. The molecule has 1 aromatic carbocycles. The summed E-state index contributed by atoms with van der Waals surface area (Å²) >= 11 is 0. The van der Waals surface area contributed by atoms with Gasteiger partial charge in [-0.2, -0.15) is 0 Å². The van der Waals surface area contributed by atoms with Crippen molar-refractivity contribution in [1.82, 2.24) is 9.97 Å². The summed E-state index contributed by atoms with van der Waals surface area (Å²) in [6.07, 6.45) is 1.33. The van der Waals surface area contributed by atoms with Gasteiger partial charge in [-0.15, -0.1) is 0 Å². The van der Waals surface area contributed by atoms with E-state index >= 15 is 0 Å². The van der Waals surface area contributed by atoms with Crippen molar-refractivity contribution in [2.24, 2.45) is 0 Å². The van der Waals surface area contributed by atoms with E-state index in [2.05, 4.69) is 9.97 Å². The van der Waals surface area contributed by atoms with Crippen molar-refractivity contribution in [2.45, 2.75) is 19.8 Å². The monoisotopic (exact) mass is 258 g/mol. The first-order valence-corrected chi connectivity index (χ1v) is 5.88. The van der Waals surface area contributed by atoms with Crippen LogP contribution in [0, 0.1) is 0 Å². The number of hydrogen-bond acceptors (Lipinski definition) is 4. The van der Waals surface area contributed by atoms with E-state index in [9.17, 15) is 9.90 Å². The van der Waals surface area contributed by atoms with Gasteiger partial charge < -0.3 is 10.2 Å². The summed E-state index contributed by atoms with van der Waals surface area (Å²) in [6.45, 7) is 3.77. The maximum atomic E-state index is 11.1. The molecule has 5 heteroatoms. The molecule has 5 nitrogen and oxygen atoms in total. The molecule has 2 N–H and O–H groups in total. The Balaban J connectivity index is 2.52. The summed E-state index contributed by atoms with van der Waals surface area (Å²) < 4.78 is 0. The number of aromatic carboxylic acids is 1. The van der Waals surface area contributed by atoms with Crippen LogP contribution in [0.4, 0.5) is 0 Å². The minimum atomic E-state index is -1.03. The van der Waals surface area contributed by atoms with Crippen LogP contribution in [0.2, 0.25) is 0 Å². The number of hydrogen-bond donors (Lipinski definition) is 2. The van der Waals surface area contributed by atoms with Crippen molar-refractivity contribution in [3.8, 4) is 17.1 Å². The van der Waals surface area contributed by atoms with Gasteiger partial charge in [-0.1, -0.05) is 13.8 Å². The first-order valence-electron chi connectivity index (χ1n) is 5.88. The number of nitrogens with zero attached hydrogens (tertiary/aromatic N) is 2. The Morgan fingerprint density at radius 1 is 1.21 bits per heavy atom. The van der Waals surface area contributed by atoms with E-state index in [0.717, 1.165) is 5.56 Å². The molecule has 0 aliphatic carbocycles. The number of aromatic nitrogens is 2. The van der Waals surface area contributed by atoms with E-state index in [1.54, 1.807) is 24.3 Å². The number of phenols is 1. The van der Waals surface area contributed by atoms with Crippen LogP contribution >= 0.6 is 0 Å². The van der Waals surface area contributed by atoms with Gasteiger partial charge in [0.05, 0.1) is 11.3 Å². The van der Waals surface area contributed by atoms with Gasteiger partial charge in [0.15, 0.2) is 5.82 Å². The molecular formula is C14H14N2O3. The lowest BCUT2D eigenvalue weighted by Gasteiger charge is -2.10. The molecule has 0 saturated carbocycles. The highest BCUT2D eigenvalue weighted by Gasteiger charge is 2.16. The molecule has 0 radical (unpaired) electrons. The van der Waals surface area contributed by atoms with E-state index in [1.165, 1.54) is 6.20 Å². The fourth-order valence-corrected chi connectivity index (χ4v) is 1.75. The third-order valence-corrected chi connectivity index (χ3v) is 2.72. The van der Waals surface area contributed by atoms with Crippen LogP contribution in [-0.2, 0) is 0 Å². The maximum absolute atomic E-state index is 11.1. The maximum Gasteiger partial charge on any atom is 0.339 e. The molecule has 98 valence electrons. The third kappa shape index (κ3) is 2.70. The molecule has 0 saturated heterocycles. The normalized spacial score (nSPS) is 10.7. The molecule has 0 spiro atoms. The Morgan fingerprint density at radius 2 is 1.84 bits per heavy atom. The van der Waals surface area contributed by atoms with Crippen molar-refractivity contribution in [3.63, 3.8) is 0 Å². The number of rotatable bonds is 3. The lowest BCUT2D eigenvalue weighted by molar-refractivity contribution is 0.0694. The van der Waals surface area contributed by atoms with Gasteiger partial charge >= 0.3 is 5.97 Å². The van der Waals surface area contributed by atoms with Crippen molar-refractivity contribution >= 4 is 5.97 Å². The zero-order valence-electron chi connectivity index (χ0n) is 10.7. The highest BCUT2D eigenvalue weighted by Crippen LogP contribution is 2.22. The van der Waals surface area contributed by atoms with Gasteiger partial charge in [-0.3, -0.25) is 0 Å². The molecular weight excluding hydrogens is 244 g/mol. The Labute approximate surface area is 110 Å². The van der Waals surface area contributed by atoms with Crippen LogP contribution in [0.3, 0.4) is 0 Å². The van der Waals surface area contributed by atoms with Crippen LogP contribution in [-0.4, -0.2) is 26.2 Å². The number of carboxylic acids is 1. The summed E-state index contributed by atoms with van der Waals surface area (Å²) in [4.78, 5) is 19.5. The first kappa shape index (κ1) is 13.0. The van der Waals surface area contributed by atoms with Gasteiger partial charge in [0.1, 0.15) is 5.75 Å². The van der Waals surface area contributed by atoms with Crippen molar-refractivity contribution in [1.29, 1.82) is 0 Å². The molecule has 0 aliphatic rings. The number of carboxylic acid groups (broad SMARTS) is 1. The smallest absolute Gasteiger partial charge is 0.339 e. The predicted molar refractivity (Wildman–Crippen MR) is 70.2 cm³/mol. The van der Waals surface area contributed by atoms with Crippen LogP contribution in [0.15, 0.2) is 30.5 Å². The van der Waals surface area contributed by atoms with Crippen LogP contribution in [0.5, 0.6) is 5.75 Å². The van der Waals surface area contributed by atoms with Gasteiger partial charge in [-0.25, -0.2) is 14.8 Å². The molecule has 0 unspecified atom stereocenters. The molecule has 2 aromatic rings. The van der Waals surface area contributed by atoms with E-state index < -0.39 is 5.97 Å². The molecule has 0 amide bonds. The fraction of sp³-hybridized carbons (Fsp3) is 0.214. The zero-order valence-corrected chi connectivity index (χ0v) is 10.7. The standard InChI is InChI=1S/C14H14N2O3/c1-8(2)12-11(14(18)19)7-15-13(16-12)9-3-5-10(17)6-4-9/h3-8,17H,1-2H3,(H,18,19). The summed E-state index contributed by atoms with van der Waals surface area (Å²) in [5, 5.41) is 18.3. The van der Waals surface area contributed by atoms with Gasteiger partial charge in [0.25, 0.3) is 0 Å². The molecule has 0 aliphatic heterocycles. The SMILES string of the molecule is CC(C)c1nc(-c2ccc(O)cc2)ncc1C(=O)O. The molecule has 1 aromatic heterocycles. The topological polar surface area (TPSA) is 83.3 Å². The summed E-state index contributed by atoms with van der Waals surface area (Å²) in [6, 6.07) is 6.46. The highest BCUT2D eigenvalue weighted by molar-refractivity contribution is 5.88. The van der Waals surface area contributed by atoms with E-state index in [4.69, 9.17) is 5.11 Å². The van der Waals surface area contributed by atoms with Gasteiger partial charge in [0.2, 0.25) is 0 Å². The summed E-state index contributed by atoms with van der Waals surface area (Å²) in [5.41, 5.74) is 1.36. The Bertz CT molecular complexity index is 607. The zero-order chi connectivity index (χ0) is 14.0. The van der Waals surface area contributed by atoms with E-state index in [0.29, 0.717) is 11.5 Å². The molecule has 0 atom stereocenters. The fourth-order valence-electron chi connectivity index (χ4n) is 1.75. The second-order valence-corrected chi connectivity index (χ2v) is 4.50. The van der Waals surface area contributed by atoms with Crippen molar-refractivity contribution in [2.75, 3.05) is 0 Å². The largest absolute Gasteiger partial charge is 0.508 e. The molecule has 2 rings (SSSR count). The minimum Gasteiger partial charge on any atom is -0.508 e. The quantitative estimate of drug-likeness (QED) is 0.884. The van der Waals surface area contributed by atoms with Gasteiger partial charge in [-0.05, 0) is 30.2 Å². The van der Waals surface area contributed by atoms with Crippen LogP contribution < -0.4 is 0 Å². The van der Waals surface area contributed by atoms with Gasteiger partial charge in [0, 0.05) is 11.8 Å². The number of carbonyl (C=O) groups is 1. The molecule has 0 bridgehead atoms. The summed E-state index contributed by atoms with van der Waals surface area (Å²) in [5.74, 6) is -0.422. The Kier molecular flexibility index (Phi) is 3.46. The lowest BCUT2D eigenvalue weighted by atomic mass is 10.0. The Hall–Kier alpha value is -2.43. The predicted octanol–water partition coefficient (Wildman–Crippen LogP) is 2.67. The van der Waals surface area contributed by atoms with Crippen molar-refractivity contribution in [3.05, 3.63) is 41.7 Å². The van der Waals surface area contributed by atoms with E-state index in [-0.39, 0.29) is 17.2 Å². The highest BCUT2D eigenvalue weighted by atomic mass is 16.4. The third-order valence-electron chi connectivity index (χ3n) is 2.72. The lowest BCUT2D eigenvalue weighted by Crippen LogP contribution is -2.08. The summed E-state index contributed by atoms with van der Waals surface area (Å²) in [7, 11) is 0. The first-order chi connectivity index (χ1) is 8.99. The van der Waals surface area contributed by atoms with Crippen LogP contribution in [0.1, 0.15) is 35.8 Å². The average Bonchev–Trinajstić information content (AvgIpc) is 2.38. The number of phenolic OH excluding ortho intramolecular Hbond substituents is 1. The molecule has 0 fully saturated rings. The van der Waals surface area contributed by atoms with E-state index in [1.807, 2.05) is 13.8 Å². The second-order valence-electron chi connectivity index (χ2n) is 4.50.